The predicted molar refractivity (Wildman–Crippen MR) is 172 cm³/mol. The van der Waals surface area contributed by atoms with Crippen LogP contribution in [0, 0.1) is 6.85 Å². The fourth-order valence-electron chi connectivity index (χ4n) is 5.98. The second-order valence-electron chi connectivity index (χ2n) is 11.5. The molecule has 0 aliphatic rings. The maximum absolute atomic E-state index is 7.82. The van der Waals surface area contributed by atoms with Crippen molar-refractivity contribution in [2.24, 2.45) is 0 Å². The van der Waals surface area contributed by atoms with E-state index < -0.39 is 6.85 Å². The third kappa shape index (κ3) is 4.24. The predicted octanol–water partition coefficient (Wildman–Crippen LogP) is 10.8. The van der Waals surface area contributed by atoms with Crippen molar-refractivity contribution in [3.63, 3.8) is 0 Å². The number of rotatable bonds is 5. The third-order valence-electron chi connectivity index (χ3n) is 8.03. The van der Waals surface area contributed by atoms with Crippen LogP contribution in [0.2, 0.25) is 0 Å². The Labute approximate surface area is 245 Å². The molecule has 0 N–H and O–H groups in total. The third-order valence-corrected chi connectivity index (χ3v) is 8.03. The minimum Gasteiger partial charge on any atom is -0.456 e. The normalized spacial score (nSPS) is 13.4. The quantitative estimate of drug-likeness (QED) is 0.219. The molecule has 0 radical (unpaired) electrons. The van der Waals surface area contributed by atoms with Gasteiger partial charge >= 0.3 is 0 Å². The average Bonchev–Trinajstić information content (AvgIpc) is 3.58. The summed E-state index contributed by atoms with van der Waals surface area (Å²) in [7, 11) is 0. The molecule has 0 atom stereocenters. The zero-order valence-electron chi connectivity index (χ0n) is 26.8. The Hall–Kier alpha value is -4.63. The summed E-state index contributed by atoms with van der Waals surface area (Å²) in [4.78, 5) is 5.22. The van der Waals surface area contributed by atoms with Crippen LogP contribution in [0.25, 0.3) is 61.2 Å². The lowest BCUT2D eigenvalue weighted by Gasteiger charge is -2.24. The number of aryl methyl sites for hydroxylation is 1. The van der Waals surface area contributed by atoms with Gasteiger partial charge in [0.25, 0.3) is 0 Å². The molecule has 7 aromatic rings. The number of benzene rings is 5. The number of furan rings is 1. The molecule has 3 heteroatoms. The lowest BCUT2D eigenvalue weighted by atomic mass is 9.88. The highest BCUT2D eigenvalue weighted by atomic mass is 16.3. The largest absolute Gasteiger partial charge is 0.456 e. The van der Waals surface area contributed by atoms with Crippen LogP contribution in [0.1, 0.15) is 60.3 Å². The minimum atomic E-state index is -2.19. The van der Waals surface area contributed by atoms with Crippen LogP contribution in [-0.2, 0) is 0 Å². The smallest absolute Gasteiger partial charge is 0.145 e. The highest BCUT2D eigenvalue weighted by Crippen LogP contribution is 2.41. The second kappa shape index (κ2) is 9.78. The van der Waals surface area contributed by atoms with Gasteiger partial charge in [0.2, 0.25) is 0 Å². The Bertz CT molecular complexity index is 2140. The number of nitrogens with zero attached hydrogens (tertiary/aromatic N) is 2. The molecule has 0 saturated carbocycles. The van der Waals surface area contributed by atoms with E-state index in [0.29, 0.717) is 11.2 Å². The van der Waals surface area contributed by atoms with Gasteiger partial charge in [0.05, 0.1) is 16.7 Å². The second-order valence-corrected chi connectivity index (χ2v) is 11.5. The molecule has 202 valence electrons. The lowest BCUT2D eigenvalue weighted by Crippen LogP contribution is -2.09. The van der Waals surface area contributed by atoms with Crippen LogP contribution in [0.5, 0.6) is 0 Å². The molecule has 41 heavy (non-hydrogen) atoms. The first-order valence-electron chi connectivity index (χ1n) is 15.8. The maximum atomic E-state index is 7.82. The van der Waals surface area contributed by atoms with Crippen molar-refractivity contribution >= 4 is 33.0 Å². The fourth-order valence-corrected chi connectivity index (χ4v) is 5.98. The van der Waals surface area contributed by atoms with E-state index in [9.17, 15) is 0 Å². The molecule has 0 saturated heterocycles. The molecule has 2 aromatic heterocycles. The number of hydrogen-bond donors (Lipinski definition) is 0. The van der Waals surface area contributed by atoms with Crippen molar-refractivity contribution in [2.45, 2.75) is 46.4 Å². The molecule has 5 aromatic carbocycles. The molecule has 7 rings (SSSR count). The van der Waals surface area contributed by atoms with E-state index in [1.807, 2.05) is 18.2 Å². The summed E-state index contributed by atoms with van der Waals surface area (Å²) in [5.74, 6) is 1.40. The van der Waals surface area contributed by atoms with Gasteiger partial charge in [-0.15, -0.1) is 0 Å². The molecule has 2 heterocycles. The molecule has 0 amide bonds. The molecule has 0 unspecified atom stereocenters. The number of para-hydroxylation sites is 2. The number of imidazole rings is 1. The zero-order valence-corrected chi connectivity index (χ0v) is 23.8. The van der Waals surface area contributed by atoms with Crippen LogP contribution >= 0.6 is 0 Å². The van der Waals surface area contributed by atoms with E-state index in [4.69, 9.17) is 13.5 Å². The van der Waals surface area contributed by atoms with Gasteiger partial charge in [-0.1, -0.05) is 82.3 Å². The summed E-state index contributed by atoms with van der Waals surface area (Å²) in [6.07, 6.45) is 0. The Morgan fingerprint density at radius 1 is 0.659 bits per heavy atom. The first kappa shape index (κ1) is 22.1. The van der Waals surface area contributed by atoms with Crippen molar-refractivity contribution in [3.8, 4) is 28.2 Å². The Morgan fingerprint density at radius 3 is 2.12 bits per heavy atom. The standard InChI is InChI=1S/C38H34N2O/c1-23(2)30-21-28(26-11-7-6-8-12-26)22-31(24(3)4)37(30)40-34-14-10-9-13-33(34)39-38(40)27-16-18-35-32(20-27)29-17-15-25(5)19-36(29)41-35/h6-24H,1-5H3/i5D3. The Balaban J connectivity index is 1.51. The van der Waals surface area contributed by atoms with Gasteiger partial charge in [-0.05, 0) is 95.0 Å². The van der Waals surface area contributed by atoms with E-state index in [0.717, 1.165) is 33.2 Å². The fraction of sp³-hybridized carbons (Fsp3) is 0.184. The topological polar surface area (TPSA) is 31.0 Å². The van der Waals surface area contributed by atoms with Crippen molar-refractivity contribution in [3.05, 3.63) is 120 Å². The Kier molecular flexibility index (Phi) is 5.27. The van der Waals surface area contributed by atoms with E-state index in [-0.39, 0.29) is 17.4 Å². The van der Waals surface area contributed by atoms with Crippen molar-refractivity contribution in [2.75, 3.05) is 0 Å². The summed E-state index contributed by atoms with van der Waals surface area (Å²) >= 11 is 0. The van der Waals surface area contributed by atoms with Gasteiger partial charge in [-0.2, -0.15) is 0 Å². The Morgan fingerprint density at radius 2 is 1.39 bits per heavy atom. The van der Waals surface area contributed by atoms with E-state index in [2.05, 4.69) is 105 Å². The summed E-state index contributed by atoms with van der Waals surface area (Å²) in [5.41, 5.74) is 10.6. The van der Waals surface area contributed by atoms with Gasteiger partial charge in [0, 0.05) is 20.4 Å². The zero-order chi connectivity index (χ0) is 30.7. The summed E-state index contributed by atoms with van der Waals surface area (Å²) in [6.45, 7) is 6.84. The molecule has 0 aliphatic carbocycles. The highest BCUT2D eigenvalue weighted by molar-refractivity contribution is 6.06. The molecule has 0 fully saturated rings. The summed E-state index contributed by atoms with van der Waals surface area (Å²) in [6, 6.07) is 34.9. The van der Waals surface area contributed by atoms with Crippen molar-refractivity contribution in [1.82, 2.24) is 9.55 Å². The van der Waals surface area contributed by atoms with Crippen LogP contribution < -0.4 is 0 Å². The van der Waals surface area contributed by atoms with Gasteiger partial charge in [-0.25, -0.2) is 4.98 Å². The monoisotopic (exact) mass is 537 g/mol. The SMILES string of the molecule is [2H]C([2H])([2H])c1ccc2c(c1)oc1ccc(-c3nc4ccccc4n3-c3c(C(C)C)cc(-c4ccccc4)cc3C(C)C)cc12. The molecule has 0 aliphatic heterocycles. The van der Waals surface area contributed by atoms with Gasteiger partial charge in [0.15, 0.2) is 0 Å². The molecule has 3 nitrogen and oxygen atoms in total. The van der Waals surface area contributed by atoms with Crippen LogP contribution in [-0.4, -0.2) is 9.55 Å². The van der Waals surface area contributed by atoms with Crippen molar-refractivity contribution < 1.29 is 8.53 Å². The number of aromatic nitrogens is 2. The minimum absolute atomic E-state index is 0.271. The van der Waals surface area contributed by atoms with Crippen LogP contribution in [0.3, 0.4) is 0 Å². The van der Waals surface area contributed by atoms with Gasteiger partial charge in [-0.3, -0.25) is 4.57 Å². The molecular formula is C38H34N2O. The number of fused-ring (bicyclic) bond motifs is 4. The van der Waals surface area contributed by atoms with Crippen LogP contribution in [0.15, 0.2) is 108 Å². The average molecular weight is 538 g/mol. The van der Waals surface area contributed by atoms with E-state index in [1.54, 1.807) is 12.1 Å². The molecule has 0 bridgehead atoms. The van der Waals surface area contributed by atoms with Gasteiger partial charge in [0.1, 0.15) is 17.0 Å². The van der Waals surface area contributed by atoms with E-state index >= 15 is 0 Å². The van der Waals surface area contributed by atoms with E-state index in [1.165, 1.54) is 27.9 Å². The lowest BCUT2D eigenvalue weighted by molar-refractivity contribution is 0.668. The van der Waals surface area contributed by atoms with Crippen LogP contribution in [0.4, 0.5) is 0 Å². The molecule has 0 spiro atoms. The highest BCUT2D eigenvalue weighted by Gasteiger charge is 2.24. The first-order valence-corrected chi connectivity index (χ1v) is 14.3. The molecular weight excluding hydrogens is 500 g/mol. The maximum Gasteiger partial charge on any atom is 0.145 e. The van der Waals surface area contributed by atoms with Crippen molar-refractivity contribution in [1.29, 1.82) is 0 Å². The van der Waals surface area contributed by atoms with Gasteiger partial charge < -0.3 is 4.42 Å². The first-order chi connectivity index (χ1) is 21.1. The number of hydrogen-bond acceptors (Lipinski definition) is 2. The summed E-state index contributed by atoms with van der Waals surface area (Å²) < 4.78 is 31.9. The summed E-state index contributed by atoms with van der Waals surface area (Å²) in [5, 5.41) is 1.82.